The van der Waals surface area contributed by atoms with Crippen molar-refractivity contribution < 1.29 is 9.59 Å². The van der Waals surface area contributed by atoms with Crippen LogP contribution in [0.25, 0.3) is 0 Å². The zero-order valence-electron chi connectivity index (χ0n) is 17.7. The minimum Gasteiger partial charge on any atom is -0.336 e. The summed E-state index contributed by atoms with van der Waals surface area (Å²) < 4.78 is 0.383. The highest BCUT2D eigenvalue weighted by atomic mass is 32.2. The summed E-state index contributed by atoms with van der Waals surface area (Å²) in [5.74, 6) is 3.93. The molecule has 6 heteroatoms. The summed E-state index contributed by atoms with van der Waals surface area (Å²) in [4.78, 5) is 27.4. The Morgan fingerprint density at radius 2 is 1.79 bits per heavy atom. The molecule has 1 aromatic rings. The first-order valence-corrected chi connectivity index (χ1v) is 12.8. The van der Waals surface area contributed by atoms with E-state index in [1.807, 2.05) is 32.0 Å². The molecule has 0 aromatic heterocycles. The van der Waals surface area contributed by atoms with Crippen LogP contribution < -0.4 is 5.32 Å². The number of rotatable bonds is 4. The summed E-state index contributed by atoms with van der Waals surface area (Å²) in [6, 6.07) is 6.03. The Morgan fingerprint density at radius 1 is 1.14 bits per heavy atom. The topological polar surface area (TPSA) is 49.4 Å². The first kappa shape index (κ1) is 21.1. The van der Waals surface area contributed by atoms with Gasteiger partial charge in [-0.2, -0.15) is 0 Å². The van der Waals surface area contributed by atoms with Gasteiger partial charge in [-0.1, -0.05) is 18.6 Å². The van der Waals surface area contributed by atoms with Crippen LogP contribution in [-0.2, 0) is 9.59 Å². The molecule has 3 aliphatic rings. The van der Waals surface area contributed by atoms with Gasteiger partial charge in [0.15, 0.2) is 0 Å². The number of nitrogens with zero attached hydrogens (tertiary/aromatic N) is 1. The van der Waals surface area contributed by atoms with Crippen LogP contribution in [0, 0.1) is 31.6 Å². The minimum absolute atomic E-state index is 0.0798. The third-order valence-corrected chi connectivity index (χ3v) is 10.9. The van der Waals surface area contributed by atoms with Crippen LogP contribution >= 0.6 is 23.5 Å². The van der Waals surface area contributed by atoms with Crippen molar-refractivity contribution in [2.24, 2.45) is 17.8 Å². The fraction of sp³-hybridized carbons (Fsp3) is 0.652. The Morgan fingerprint density at radius 3 is 2.45 bits per heavy atom. The quantitative estimate of drug-likeness (QED) is 0.749. The zero-order valence-corrected chi connectivity index (χ0v) is 19.3. The van der Waals surface area contributed by atoms with Crippen molar-refractivity contribution in [3.05, 3.63) is 29.3 Å². The van der Waals surface area contributed by atoms with E-state index in [0.717, 1.165) is 29.7 Å². The highest BCUT2D eigenvalue weighted by Crippen LogP contribution is 2.64. The average Bonchev–Trinajstić information content (AvgIpc) is 3.13. The lowest BCUT2D eigenvalue weighted by Gasteiger charge is -2.52. The standard InChI is InChI=1S/C23H32N2O2S2/c1-15-7-8-16(2)20(11-15)24-21(26)14-25(3)22(27)17-12-18-5-4-6-19(13-17)23(18)28-9-10-29-23/h7-8,11,17-19H,4-6,9-10,12-14H2,1-3H3,(H,24,26). The number of hydrogen-bond donors (Lipinski definition) is 1. The second-order valence-electron chi connectivity index (χ2n) is 8.97. The van der Waals surface area contributed by atoms with Crippen molar-refractivity contribution >= 4 is 41.0 Å². The molecule has 2 bridgehead atoms. The fourth-order valence-electron chi connectivity index (χ4n) is 5.48. The van der Waals surface area contributed by atoms with Crippen LogP contribution in [0.3, 0.4) is 0 Å². The number of amides is 2. The molecular formula is C23H32N2O2S2. The first-order valence-electron chi connectivity index (χ1n) is 10.8. The molecular weight excluding hydrogens is 400 g/mol. The van der Waals surface area contributed by atoms with Gasteiger partial charge in [-0.3, -0.25) is 9.59 Å². The van der Waals surface area contributed by atoms with Crippen LogP contribution in [-0.4, -0.2) is 45.9 Å². The van der Waals surface area contributed by atoms with Crippen molar-refractivity contribution in [3.63, 3.8) is 0 Å². The van der Waals surface area contributed by atoms with Gasteiger partial charge in [0, 0.05) is 30.2 Å². The summed E-state index contributed by atoms with van der Waals surface area (Å²) in [5.41, 5.74) is 2.98. The average molecular weight is 433 g/mol. The molecule has 2 saturated carbocycles. The molecule has 29 heavy (non-hydrogen) atoms. The number of carbonyl (C=O) groups is 2. The molecule has 1 N–H and O–H groups in total. The predicted octanol–water partition coefficient (Wildman–Crippen LogP) is 4.70. The molecule has 1 heterocycles. The highest BCUT2D eigenvalue weighted by Gasteiger charge is 2.55. The third kappa shape index (κ3) is 4.20. The van der Waals surface area contributed by atoms with Crippen LogP contribution in [0.4, 0.5) is 5.69 Å². The smallest absolute Gasteiger partial charge is 0.243 e. The van der Waals surface area contributed by atoms with E-state index in [2.05, 4.69) is 28.8 Å². The van der Waals surface area contributed by atoms with Crippen LogP contribution in [0.5, 0.6) is 0 Å². The molecule has 2 aliphatic carbocycles. The van der Waals surface area contributed by atoms with E-state index < -0.39 is 0 Å². The minimum atomic E-state index is -0.121. The Balaban J connectivity index is 1.37. The van der Waals surface area contributed by atoms with Crippen molar-refractivity contribution in [3.8, 4) is 0 Å². The SMILES string of the molecule is Cc1ccc(C)c(NC(=O)CN(C)C(=O)C2CC3CCCC(C2)C32SCCS2)c1. The lowest BCUT2D eigenvalue weighted by atomic mass is 9.66. The Kier molecular flexibility index (Phi) is 6.22. The normalized spacial score (nSPS) is 27.6. The summed E-state index contributed by atoms with van der Waals surface area (Å²) in [6.45, 7) is 4.12. The van der Waals surface area contributed by atoms with E-state index >= 15 is 0 Å². The molecule has 1 aromatic carbocycles. The molecule has 1 saturated heterocycles. The predicted molar refractivity (Wildman–Crippen MR) is 123 cm³/mol. The number of nitrogens with one attached hydrogen (secondary N) is 1. The second-order valence-corrected chi connectivity index (χ2v) is 12.0. The number of aryl methyl sites for hydroxylation is 2. The highest BCUT2D eigenvalue weighted by molar-refractivity contribution is 8.21. The van der Waals surface area contributed by atoms with Gasteiger partial charge in [0.25, 0.3) is 0 Å². The summed E-state index contributed by atoms with van der Waals surface area (Å²) >= 11 is 4.34. The second kappa shape index (κ2) is 8.54. The number of benzene rings is 1. The Hall–Kier alpha value is -1.14. The lowest BCUT2D eigenvalue weighted by molar-refractivity contribution is -0.139. The van der Waals surface area contributed by atoms with Gasteiger partial charge in [0.1, 0.15) is 0 Å². The number of hydrogen-bond acceptors (Lipinski definition) is 4. The van der Waals surface area contributed by atoms with E-state index in [-0.39, 0.29) is 24.3 Å². The lowest BCUT2D eigenvalue weighted by Crippen LogP contribution is -2.50. The van der Waals surface area contributed by atoms with Crippen LogP contribution in [0.15, 0.2) is 18.2 Å². The zero-order chi connectivity index (χ0) is 20.6. The monoisotopic (exact) mass is 432 g/mol. The summed E-state index contributed by atoms with van der Waals surface area (Å²) in [7, 11) is 1.78. The molecule has 158 valence electrons. The number of anilines is 1. The molecule has 1 spiro atoms. The van der Waals surface area contributed by atoms with Crippen LogP contribution in [0.1, 0.15) is 43.2 Å². The van der Waals surface area contributed by atoms with E-state index in [9.17, 15) is 9.59 Å². The van der Waals surface area contributed by atoms with Gasteiger partial charge in [-0.05, 0) is 68.6 Å². The molecule has 2 atom stereocenters. The third-order valence-electron chi connectivity index (χ3n) is 6.89. The molecule has 3 fully saturated rings. The van der Waals surface area contributed by atoms with Crippen molar-refractivity contribution in [2.75, 3.05) is 30.4 Å². The Labute approximate surface area is 182 Å². The van der Waals surface area contributed by atoms with Crippen molar-refractivity contribution in [1.82, 2.24) is 4.90 Å². The van der Waals surface area contributed by atoms with E-state index in [4.69, 9.17) is 0 Å². The van der Waals surface area contributed by atoms with E-state index in [1.54, 1.807) is 11.9 Å². The number of carbonyl (C=O) groups excluding carboxylic acids is 2. The maximum atomic E-state index is 13.2. The maximum Gasteiger partial charge on any atom is 0.243 e. The number of likely N-dealkylation sites (N-methyl/N-ethyl adjacent to an activating group) is 1. The largest absolute Gasteiger partial charge is 0.336 e. The van der Waals surface area contributed by atoms with Crippen molar-refractivity contribution in [1.29, 1.82) is 0 Å². The fourth-order valence-corrected chi connectivity index (χ4v) is 9.41. The maximum absolute atomic E-state index is 13.2. The first-order chi connectivity index (χ1) is 13.9. The summed E-state index contributed by atoms with van der Waals surface area (Å²) in [5, 5.41) is 2.98. The van der Waals surface area contributed by atoms with Gasteiger partial charge in [-0.25, -0.2) is 0 Å². The molecule has 4 nitrogen and oxygen atoms in total. The van der Waals surface area contributed by atoms with E-state index in [1.165, 1.54) is 30.8 Å². The van der Waals surface area contributed by atoms with E-state index in [0.29, 0.717) is 15.9 Å². The molecule has 1 aliphatic heterocycles. The van der Waals surface area contributed by atoms with Gasteiger partial charge in [-0.15, -0.1) is 23.5 Å². The summed E-state index contributed by atoms with van der Waals surface area (Å²) in [6.07, 6.45) is 5.83. The molecule has 0 radical (unpaired) electrons. The molecule has 4 rings (SSSR count). The van der Waals surface area contributed by atoms with Crippen LogP contribution in [0.2, 0.25) is 0 Å². The van der Waals surface area contributed by atoms with Gasteiger partial charge < -0.3 is 10.2 Å². The Bertz CT molecular complexity index is 775. The molecule has 2 unspecified atom stereocenters. The number of thioether (sulfide) groups is 2. The van der Waals surface area contributed by atoms with Gasteiger partial charge >= 0.3 is 0 Å². The van der Waals surface area contributed by atoms with Gasteiger partial charge in [0.05, 0.1) is 10.6 Å². The van der Waals surface area contributed by atoms with Crippen molar-refractivity contribution in [2.45, 2.75) is 50.0 Å². The van der Waals surface area contributed by atoms with Gasteiger partial charge in [0.2, 0.25) is 11.8 Å². The molecule has 2 amide bonds.